The van der Waals surface area contributed by atoms with Gasteiger partial charge in [-0.05, 0) is 109 Å². The number of aryl methyl sites for hydroxylation is 2. The van der Waals surface area contributed by atoms with Crippen LogP contribution in [0.4, 0.5) is 43.3 Å². The maximum atomic E-state index is 15.2. The number of ether oxygens (including phenoxy) is 1. The molecule has 68 heavy (non-hydrogen) atoms. The highest BCUT2D eigenvalue weighted by Gasteiger charge is 2.34. The Bertz CT molecular complexity index is 2730. The number of rotatable bonds is 15. The number of carbonyl (C=O) groups excluding carboxylic acids is 2. The SMILES string of the molecule is CCc1cc(Nc2ncc(Br)c(Nc3ccc4nc(C)ccc4c3P(C)(C)=O)n2)c(OC)cc1N1CCC(N2CCN(CC(C)(C)CNc3cc(F)c(C4CCC(=O)NC4=O)c(F)c3)CC2)CC1. The fraction of sp³-hybridized carbons (Fsp3) is 0.460. The van der Waals surface area contributed by atoms with Crippen LogP contribution in [0, 0.1) is 24.0 Å². The number of imide groups is 1. The van der Waals surface area contributed by atoms with Crippen LogP contribution in [-0.2, 0) is 20.6 Å². The number of methoxy groups -OCH3 is 1. The van der Waals surface area contributed by atoms with Crippen LogP contribution in [0.2, 0.25) is 0 Å². The number of amides is 2. The minimum atomic E-state index is -2.74. The molecule has 0 radical (unpaired) electrons. The van der Waals surface area contributed by atoms with Gasteiger partial charge in [-0.2, -0.15) is 4.98 Å². The predicted octanol–water partition coefficient (Wildman–Crippen LogP) is 8.93. The van der Waals surface area contributed by atoms with Crippen molar-refractivity contribution in [2.75, 3.05) is 93.6 Å². The van der Waals surface area contributed by atoms with Gasteiger partial charge in [0.05, 0.1) is 34.4 Å². The van der Waals surface area contributed by atoms with E-state index in [1.54, 1.807) is 26.6 Å². The molecule has 8 rings (SSSR count). The second-order valence-electron chi connectivity index (χ2n) is 19.4. The molecule has 1 atom stereocenters. The Balaban J connectivity index is 0.851. The van der Waals surface area contributed by atoms with Gasteiger partial charge in [0, 0.05) is 110 Å². The molecule has 18 heteroatoms. The van der Waals surface area contributed by atoms with Crippen molar-refractivity contribution < 1.29 is 27.7 Å². The van der Waals surface area contributed by atoms with Crippen molar-refractivity contribution in [3.05, 3.63) is 87.7 Å². The van der Waals surface area contributed by atoms with Gasteiger partial charge in [0.2, 0.25) is 17.8 Å². The van der Waals surface area contributed by atoms with E-state index in [0.29, 0.717) is 45.9 Å². The van der Waals surface area contributed by atoms with Crippen molar-refractivity contribution in [2.45, 2.75) is 71.8 Å². The van der Waals surface area contributed by atoms with E-state index in [1.807, 2.05) is 31.2 Å². The molecule has 0 saturated carbocycles. The summed E-state index contributed by atoms with van der Waals surface area (Å²) >= 11 is 3.62. The number of hydrogen-bond donors (Lipinski definition) is 4. The van der Waals surface area contributed by atoms with Crippen molar-refractivity contribution in [1.29, 1.82) is 0 Å². The lowest BCUT2D eigenvalue weighted by molar-refractivity contribution is -0.134. The number of hydrogen-bond acceptors (Lipinski definition) is 13. The molecular weight excluding hydrogens is 953 g/mol. The minimum absolute atomic E-state index is 0.0505. The maximum absolute atomic E-state index is 15.2. The molecule has 1 unspecified atom stereocenters. The molecular formula is C50H62BrF2N10O4P. The molecule has 5 heterocycles. The molecule has 0 aliphatic carbocycles. The van der Waals surface area contributed by atoms with E-state index >= 15 is 8.78 Å². The summed E-state index contributed by atoms with van der Waals surface area (Å²) in [5.74, 6) is -2.10. The first-order chi connectivity index (χ1) is 32.4. The molecule has 2 amide bonds. The Morgan fingerprint density at radius 1 is 0.926 bits per heavy atom. The number of piperidine rings is 2. The zero-order chi connectivity index (χ0) is 48.5. The first-order valence-corrected chi connectivity index (χ1v) is 26.8. The maximum Gasteiger partial charge on any atom is 0.234 e. The smallest absolute Gasteiger partial charge is 0.234 e. The number of nitrogens with zero attached hydrogens (tertiary/aromatic N) is 6. The Labute approximate surface area is 405 Å². The van der Waals surface area contributed by atoms with Gasteiger partial charge in [-0.15, -0.1) is 0 Å². The van der Waals surface area contributed by atoms with Crippen molar-refractivity contribution >= 4 is 85.6 Å². The second-order valence-corrected chi connectivity index (χ2v) is 23.4. The molecule has 2 aromatic heterocycles. The van der Waals surface area contributed by atoms with Gasteiger partial charge in [0.1, 0.15) is 30.3 Å². The normalized spacial score (nSPS) is 17.9. The number of aromatic nitrogens is 3. The average Bonchev–Trinajstić information content (AvgIpc) is 3.29. The summed E-state index contributed by atoms with van der Waals surface area (Å²) in [4.78, 5) is 45.5. The summed E-state index contributed by atoms with van der Waals surface area (Å²) in [5, 5.41) is 13.8. The van der Waals surface area contributed by atoms with Gasteiger partial charge in [-0.3, -0.25) is 24.8 Å². The molecule has 3 aliphatic rings. The van der Waals surface area contributed by atoms with Gasteiger partial charge in [-0.1, -0.05) is 26.8 Å². The van der Waals surface area contributed by atoms with Gasteiger partial charge in [0.25, 0.3) is 0 Å². The van der Waals surface area contributed by atoms with Crippen LogP contribution < -0.4 is 36.2 Å². The van der Waals surface area contributed by atoms with Crippen LogP contribution >= 0.6 is 23.1 Å². The van der Waals surface area contributed by atoms with Crippen LogP contribution in [0.25, 0.3) is 10.9 Å². The average molecular weight is 1020 g/mol. The van der Waals surface area contributed by atoms with Crippen molar-refractivity contribution in [2.24, 2.45) is 5.41 Å². The third kappa shape index (κ3) is 11.1. The number of anilines is 6. The second kappa shape index (κ2) is 20.4. The number of pyridine rings is 1. The summed E-state index contributed by atoms with van der Waals surface area (Å²) in [6.07, 6.45) is 4.76. The lowest BCUT2D eigenvalue weighted by Crippen LogP contribution is -2.54. The van der Waals surface area contributed by atoms with Crippen LogP contribution in [0.5, 0.6) is 5.75 Å². The van der Waals surface area contributed by atoms with E-state index < -0.39 is 36.5 Å². The molecule has 3 aliphatic heterocycles. The summed E-state index contributed by atoms with van der Waals surface area (Å²) < 4.78 is 50.6. The van der Waals surface area contributed by atoms with Gasteiger partial charge in [-0.25, -0.2) is 13.8 Å². The predicted molar refractivity (Wildman–Crippen MR) is 271 cm³/mol. The third-order valence-electron chi connectivity index (χ3n) is 13.4. The van der Waals surface area contributed by atoms with E-state index in [0.717, 1.165) is 92.7 Å². The molecule has 5 aromatic rings. The number of nitrogens with one attached hydrogen (secondary N) is 4. The lowest BCUT2D eigenvalue weighted by atomic mass is 9.89. The Morgan fingerprint density at radius 2 is 1.65 bits per heavy atom. The molecule has 14 nitrogen and oxygen atoms in total. The summed E-state index contributed by atoms with van der Waals surface area (Å²) in [6, 6.07) is 15.0. The molecule has 0 spiro atoms. The fourth-order valence-electron chi connectivity index (χ4n) is 9.94. The molecule has 362 valence electrons. The first kappa shape index (κ1) is 49.2. The molecule has 3 aromatic carbocycles. The Hall–Kier alpha value is -5.22. The molecule has 0 bridgehead atoms. The van der Waals surface area contributed by atoms with Gasteiger partial charge < -0.3 is 35.1 Å². The monoisotopic (exact) mass is 1010 g/mol. The van der Waals surface area contributed by atoms with E-state index in [1.165, 1.54) is 23.4 Å². The highest BCUT2D eigenvalue weighted by atomic mass is 79.9. The van der Waals surface area contributed by atoms with E-state index in [4.69, 9.17) is 9.72 Å². The molecule has 3 fully saturated rings. The van der Waals surface area contributed by atoms with Gasteiger partial charge >= 0.3 is 0 Å². The Morgan fingerprint density at radius 3 is 2.31 bits per heavy atom. The van der Waals surface area contributed by atoms with Crippen molar-refractivity contribution in [1.82, 2.24) is 30.1 Å². The van der Waals surface area contributed by atoms with Crippen molar-refractivity contribution in [3.8, 4) is 5.75 Å². The molecule has 3 saturated heterocycles. The van der Waals surface area contributed by atoms with Crippen LogP contribution in [0.3, 0.4) is 0 Å². The van der Waals surface area contributed by atoms with Gasteiger partial charge in [0.15, 0.2) is 0 Å². The van der Waals surface area contributed by atoms with Crippen LogP contribution in [-0.4, -0.2) is 115 Å². The zero-order valence-corrected chi connectivity index (χ0v) is 42.4. The number of piperazine rings is 1. The third-order valence-corrected chi connectivity index (χ3v) is 15.5. The van der Waals surface area contributed by atoms with E-state index in [9.17, 15) is 14.2 Å². The number of halogens is 3. The fourth-order valence-corrected chi connectivity index (χ4v) is 11.7. The zero-order valence-electron chi connectivity index (χ0n) is 39.9. The standard InChI is InChI=1S/C50H62BrF2N10O4P/c1-8-31-23-41(58-49-54-27-36(51)47(60-49)57-40-13-12-39-34(10-9-30(2)56-39)46(40)68(6,7)66)43(67-5)26-42(31)63-17-15-33(16-18-63)62-21-19-61(20-22-62)29-50(3,4)28-55-32-24-37(52)45(38(53)25-32)35-11-14-44(64)59-48(35)65/h9-10,12-13,23-27,33,35,55H,8,11,14-22,28-29H2,1-7H3,(H,59,64,65)(H2,54,57,58,60). The number of benzene rings is 3. The summed E-state index contributed by atoms with van der Waals surface area (Å²) in [6.45, 7) is 19.0. The highest BCUT2D eigenvalue weighted by molar-refractivity contribution is 9.10. The highest BCUT2D eigenvalue weighted by Crippen LogP contribution is 2.43. The summed E-state index contributed by atoms with van der Waals surface area (Å²) in [7, 11) is -1.06. The van der Waals surface area contributed by atoms with E-state index in [2.05, 4.69) is 94.8 Å². The molecule has 4 N–H and O–H groups in total. The summed E-state index contributed by atoms with van der Waals surface area (Å²) in [5.41, 5.74) is 5.36. The number of carbonyl (C=O) groups is 2. The first-order valence-electron chi connectivity index (χ1n) is 23.4. The van der Waals surface area contributed by atoms with E-state index in [-0.39, 0.29) is 23.8 Å². The van der Waals surface area contributed by atoms with Crippen LogP contribution in [0.1, 0.15) is 69.2 Å². The van der Waals surface area contributed by atoms with Crippen LogP contribution in [0.15, 0.2) is 59.2 Å². The topological polar surface area (TPSA) is 157 Å². The minimum Gasteiger partial charge on any atom is -0.494 e. The quantitative estimate of drug-likeness (QED) is 0.0583. The van der Waals surface area contributed by atoms with Crippen molar-refractivity contribution in [3.63, 3.8) is 0 Å². The largest absolute Gasteiger partial charge is 0.494 e. The number of fused-ring (bicyclic) bond motifs is 1. The Kier molecular flexibility index (Phi) is 14.8. The lowest BCUT2D eigenvalue weighted by Gasteiger charge is -2.45.